The Bertz CT molecular complexity index is 1080. The molecule has 0 aliphatic carbocycles. The fourth-order valence-electron chi connectivity index (χ4n) is 2.46. The number of rotatable bonds is 7. The second kappa shape index (κ2) is 8.52. The molecule has 2 aromatic heterocycles. The molecule has 2 heterocycles. The summed E-state index contributed by atoms with van der Waals surface area (Å²) in [6, 6.07) is 7.25. The molecular weight excluding hydrogens is 362 g/mol. The van der Waals surface area contributed by atoms with Gasteiger partial charge in [-0.2, -0.15) is 9.78 Å². The van der Waals surface area contributed by atoms with Gasteiger partial charge in [0, 0.05) is 4.88 Å². The number of terminal acetylenes is 1. The summed E-state index contributed by atoms with van der Waals surface area (Å²) >= 11 is 1.53. The van der Waals surface area contributed by atoms with E-state index in [-0.39, 0.29) is 12.2 Å². The molecule has 3 aromatic rings. The number of aromatic nitrogens is 2. The number of nitrogens with zero attached hydrogens (tertiary/aromatic N) is 3. The first-order valence-electron chi connectivity index (χ1n) is 8.53. The van der Waals surface area contributed by atoms with Crippen molar-refractivity contribution in [3.05, 3.63) is 51.4 Å². The van der Waals surface area contributed by atoms with Gasteiger partial charge in [-0.15, -0.1) is 17.8 Å². The molecule has 3 rings (SSSR count). The smallest absolute Gasteiger partial charge is 0.282 e. The van der Waals surface area contributed by atoms with Crippen molar-refractivity contribution in [1.29, 1.82) is 0 Å². The van der Waals surface area contributed by atoms with Gasteiger partial charge in [-0.25, -0.2) is 4.98 Å². The molecule has 0 atom stereocenters. The third-order valence-corrected chi connectivity index (χ3v) is 4.93. The first kappa shape index (κ1) is 18.7. The maximum atomic E-state index is 12.6. The Kier molecular flexibility index (Phi) is 5.89. The van der Waals surface area contributed by atoms with Crippen molar-refractivity contribution in [3.63, 3.8) is 0 Å². The first-order chi connectivity index (χ1) is 13.2. The predicted octanol–water partition coefficient (Wildman–Crippen LogP) is 3.31. The zero-order valence-corrected chi connectivity index (χ0v) is 16.0. The lowest BCUT2D eigenvalue weighted by molar-refractivity contribution is 0.299. The number of aryl methyl sites for hydroxylation is 1. The second-order valence-corrected chi connectivity index (χ2v) is 6.67. The molecule has 0 fully saturated rings. The van der Waals surface area contributed by atoms with Crippen LogP contribution in [0.4, 0.5) is 0 Å². The summed E-state index contributed by atoms with van der Waals surface area (Å²) in [6.45, 7) is 4.59. The van der Waals surface area contributed by atoms with E-state index in [1.807, 2.05) is 26.0 Å². The minimum atomic E-state index is -0.189. The zero-order chi connectivity index (χ0) is 19.2. The first-order valence-corrected chi connectivity index (χ1v) is 9.35. The average Bonchev–Trinajstić information content (AvgIpc) is 3.11. The van der Waals surface area contributed by atoms with E-state index in [1.54, 1.807) is 18.3 Å². The van der Waals surface area contributed by atoms with Crippen molar-refractivity contribution in [1.82, 2.24) is 9.66 Å². The maximum absolute atomic E-state index is 12.6. The van der Waals surface area contributed by atoms with Gasteiger partial charge >= 0.3 is 0 Å². The normalized spacial score (nSPS) is 11.0. The highest BCUT2D eigenvalue weighted by Gasteiger charge is 2.08. The fourth-order valence-corrected chi connectivity index (χ4v) is 3.39. The van der Waals surface area contributed by atoms with Crippen molar-refractivity contribution in [2.75, 3.05) is 13.2 Å². The summed E-state index contributed by atoms with van der Waals surface area (Å²) < 4.78 is 12.3. The van der Waals surface area contributed by atoms with Crippen LogP contribution in [0.2, 0.25) is 0 Å². The molecular formula is C20H19N3O3S. The molecule has 0 N–H and O–H groups in total. The monoisotopic (exact) mass is 381 g/mol. The number of hydrogen-bond acceptors (Lipinski definition) is 6. The van der Waals surface area contributed by atoms with Crippen molar-refractivity contribution < 1.29 is 9.47 Å². The third kappa shape index (κ3) is 4.18. The molecule has 0 saturated heterocycles. The van der Waals surface area contributed by atoms with Crippen LogP contribution >= 0.6 is 11.3 Å². The number of hydrogen-bond donors (Lipinski definition) is 0. The Morgan fingerprint density at radius 3 is 2.89 bits per heavy atom. The molecule has 0 radical (unpaired) electrons. The Balaban J connectivity index is 1.90. The summed E-state index contributed by atoms with van der Waals surface area (Å²) in [5, 5.41) is 4.83. The van der Waals surface area contributed by atoms with Crippen LogP contribution in [0.5, 0.6) is 11.5 Å². The summed E-state index contributed by atoms with van der Waals surface area (Å²) in [5.41, 5.74) is 0.573. The van der Waals surface area contributed by atoms with E-state index in [2.05, 4.69) is 16.0 Å². The van der Waals surface area contributed by atoms with Crippen molar-refractivity contribution in [3.8, 4) is 23.8 Å². The van der Waals surface area contributed by atoms with Gasteiger partial charge in [-0.05, 0) is 43.2 Å². The number of fused-ring (bicyclic) bond motifs is 1. The summed E-state index contributed by atoms with van der Waals surface area (Å²) in [7, 11) is 0. The number of benzene rings is 1. The van der Waals surface area contributed by atoms with E-state index < -0.39 is 0 Å². The Morgan fingerprint density at radius 2 is 2.15 bits per heavy atom. The molecule has 6 nitrogen and oxygen atoms in total. The van der Waals surface area contributed by atoms with E-state index in [0.29, 0.717) is 23.5 Å². The molecule has 0 bridgehead atoms. The molecule has 0 amide bonds. The topological polar surface area (TPSA) is 65.7 Å². The van der Waals surface area contributed by atoms with Crippen LogP contribution < -0.4 is 15.0 Å². The SMILES string of the molecule is C#CCOc1ccc(/C=N\n2cnc3sc(CC)cc3c2=O)cc1OCC. The molecule has 0 aliphatic heterocycles. The van der Waals surface area contributed by atoms with Gasteiger partial charge in [0.1, 0.15) is 17.8 Å². The van der Waals surface area contributed by atoms with Crippen LogP contribution in [0, 0.1) is 12.3 Å². The van der Waals surface area contributed by atoms with Gasteiger partial charge < -0.3 is 9.47 Å². The largest absolute Gasteiger partial charge is 0.490 e. The highest BCUT2D eigenvalue weighted by molar-refractivity contribution is 7.18. The standard InChI is InChI=1S/C20H19N3O3S/c1-4-9-26-17-8-7-14(10-18(17)25-6-3)12-22-23-13-21-19-16(20(23)24)11-15(5-2)27-19/h1,7-8,10-13H,5-6,9H2,2-3H3/b22-12-. The lowest BCUT2D eigenvalue weighted by Crippen LogP contribution is -2.16. The minimum Gasteiger partial charge on any atom is -0.490 e. The molecule has 0 spiro atoms. The quantitative estimate of drug-likeness (QED) is 0.465. The van der Waals surface area contributed by atoms with Crippen molar-refractivity contribution in [2.24, 2.45) is 5.10 Å². The minimum absolute atomic E-state index is 0.162. The van der Waals surface area contributed by atoms with Crippen molar-refractivity contribution in [2.45, 2.75) is 20.3 Å². The highest BCUT2D eigenvalue weighted by atomic mass is 32.1. The van der Waals surface area contributed by atoms with Crippen LogP contribution in [0.3, 0.4) is 0 Å². The van der Waals surface area contributed by atoms with Gasteiger partial charge in [0.15, 0.2) is 11.5 Å². The van der Waals surface area contributed by atoms with E-state index in [9.17, 15) is 4.79 Å². The highest BCUT2D eigenvalue weighted by Crippen LogP contribution is 2.28. The fraction of sp³-hybridized carbons (Fsp3) is 0.250. The average molecular weight is 381 g/mol. The summed E-state index contributed by atoms with van der Waals surface area (Å²) in [5.74, 6) is 3.56. The van der Waals surface area contributed by atoms with E-state index in [0.717, 1.165) is 21.7 Å². The van der Waals surface area contributed by atoms with Crippen molar-refractivity contribution >= 4 is 27.8 Å². The van der Waals surface area contributed by atoms with Crippen LogP contribution in [-0.2, 0) is 6.42 Å². The molecule has 27 heavy (non-hydrogen) atoms. The van der Waals surface area contributed by atoms with Gasteiger partial charge in [0.25, 0.3) is 5.56 Å². The summed E-state index contributed by atoms with van der Waals surface area (Å²) in [6.07, 6.45) is 9.12. The maximum Gasteiger partial charge on any atom is 0.282 e. The van der Waals surface area contributed by atoms with Gasteiger partial charge in [0.05, 0.1) is 18.2 Å². The van der Waals surface area contributed by atoms with E-state index in [4.69, 9.17) is 15.9 Å². The molecule has 7 heteroatoms. The Hall–Kier alpha value is -3.11. The lowest BCUT2D eigenvalue weighted by Gasteiger charge is -2.10. The summed E-state index contributed by atoms with van der Waals surface area (Å²) in [4.78, 5) is 18.8. The molecule has 138 valence electrons. The number of thiophene rings is 1. The third-order valence-electron chi connectivity index (χ3n) is 3.74. The number of ether oxygens (including phenoxy) is 2. The molecule has 0 aliphatic rings. The van der Waals surface area contributed by atoms with E-state index >= 15 is 0 Å². The molecule has 0 saturated carbocycles. The van der Waals surface area contributed by atoms with Gasteiger partial charge in [-0.3, -0.25) is 4.79 Å². The molecule has 1 aromatic carbocycles. The van der Waals surface area contributed by atoms with Crippen LogP contribution in [0.15, 0.2) is 40.5 Å². The second-order valence-electron chi connectivity index (χ2n) is 5.56. The van der Waals surface area contributed by atoms with Crippen LogP contribution in [0.25, 0.3) is 10.2 Å². The Labute approximate surface area is 161 Å². The van der Waals surface area contributed by atoms with Gasteiger partial charge in [0.2, 0.25) is 0 Å². The lowest BCUT2D eigenvalue weighted by atomic mass is 10.2. The predicted molar refractivity (Wildman–Crippen MR) is 108 cm³/mol. The van der Waals surface area contributed by atoms with Crippen LogP contribution in [0.1, 0.15) is 24.3 Å². The van der Waals surface area contributed by atoms with E-state index in [1.165, 1.54) is 22.3 Å². The van der Waals surface area contributed by atoms with Gasteiger partial charge in [-0.1, -0.05) is 12.8 Å². The molecule has 0 unspecified atom stereocenters. The Morgan fingerprint density at radius 1 is 1.30 bits per heavy atom. The zero-order valence-electron chi connectivity index (χ0n) is 15.1. The van der Waals surface area contributed by atoms with Crippen LogP contribution in [-0.4, -0.2) is 29.1 Å².